The second kappa shape index (κ2) is 7.54. The summed E-state index contributed by atoms with van der Waals surface area (Å²) >= 11 is 0. The molecule has 0 fully saturated rings. The molecule has 0 aromatic heterocycles. The lowest BCUT2D eigenvalue weighted by Gasteiger charge is -2.07. The number of anilines is 1. The summed E-state index contributed by atoms with van der Waals surface area (Å²) in [6, 6.07) is 7.70. The predicted octanol–water partition coefficient (Wildman–Crippen LogP) is 2.75. The number of hydrogen-bond donors (Lipinski definition) is 2. The first-order valence-electron chi connectivity index (χ1n) is 5.91. The smallest absolute Gasteiger partial charge is 0.303 e. The average molecular weight is 237 g/mol. The lowest BCUT2D eigenvalue weighted by Crippen LogP contribution is -2.04. The molecule has 0 unspecified atom stereocenters. The first kappa shape index (κ1) is 13.4. The number of ether oxygens (including phenoxy) is 1. The van der Waals surface area contributed by atoms with E-state index in [0.29, 0.717) is 13.0 Å². The van der Waals surface area contributed by atoms with Crippen molar-refractivity contribution in [3.05, 3.63) is 24.3 Å². The number of aliphatic carboxylic acids is 1. The zero-order chi connectivity index (χ0) is 12.5. The molecule has 2 N–H and O–H groups in total. The number of benzene rings is 1. The highest BCUT2D eigenvalue weighted by Gasteiger charge is 1.97. The molecule has 0 aliphatic carbocycles. The van der Waals surface area contributed by atoms with E-state index in [0.717, 1.165) is 24.5 Å². The Kier molecular flexibility index (Phi) is 5.93. The minimum absolute atomic E-state index is 0.199. The van der Waals surface area contributed by atoms with E-state index in [4.69, 9.17) is 9.84 Å². The van der Waals surface area contributed by atoms with Crippen LogP contribution in [-0.4, -0.2) is 24.2 Å². The molecule has 0 amide bonds. The third-order valence-corrected chi connectivity index (χ3v) is 2.22. The zero-order valence-electron chi connectivity index (χ0n) is 10.1. The third-order valence-electron chi connectivity index (χ3n) is 2.22. The minimum atomic E-state index is -0.755. The van der Waals surface area contributed by atoms with E-state index in [9.17, 15) is 4.79 Å². The summed E-state index contributed by atoms with van der Waals surface area (Å²) in [7, 11) is 0. The molecule has 17 heavy (non-hydrogen) atoms. The van der Waals surface area contributed by atoms with Crippen LogP contribution in [0.4, 0.5) is 5.69 Å². The fourth-order valence-electron chi connectivity index (χ4n) is 1.36. The van der Waals surface area contributed by atoms with E-state index in [2.05, 4.69) is 12.2 Å². The van der Waals surface area contributed by atoms with Crippen LogP contribution in [0, 0.1) is 0 Å². The lowest BCUT2D eigenvalue weighted by molar-refractivity contribution is -0.137. The molecule has 0 bridgehead atoms. The Bertz CT molecular complexity index is 335. The number of hydrogen-bond acceptors (Lipinski definition) is 3. The zero-order valence-corrected chi connectivity index (χ0v) is 10.1. The van der Waals surface area contributed by atoms with Crippen molar-refractivity contribution >= 4 is 11.7 Å². The van der Waals surface area contributed by atoms with Crippen LogP contribution in [0.2, 0.25) is 0 Å². The van der Waals surface area contributed by atoms with Crippen molar-refractivity contribution in [1.82, 2.24) is 0 Å². The molecular weight excluding hydrogens is 218 g/mol. The summed E-state index contributed by atoms with van der Waals surface area (Å²) in [5, 5.41) is 11.6. The van der Waals surface area contributed by atoms with Crippen molar-refractivity contribution in [2.45, 2.75) is 26.2 Å². The molecule has 0 spiro atoms. The van der Waals surface area contributed by atoms with Crippen molar-refractivity contribution in [3.8, 4) is 5.75 Å². The van der Waals surface area contributed by atoms with Gasteiger partial charge in [-0.2, -0.15) is 0 Å². The molecule has 0 aliphatic heterocycles. The van der Waals surface area contributed by atoms with Gasteiger partial charge in [-0.05, 0) is 37.1 Å². The summed E-state index contributed by atoms with van der Waals surface area (Å²) in [5.74, 6) is 0.109. The van der Waals surface area contributed by atoms with Gasteiger partial charge >= 0.3 is 5.97 Å². The third kappa shape index (κ3) is 5.80. The van der Waals surface area contributed by atoms with Crippen LogP contribution < -0.4 is 10.1 Å². The number of rotatable bonds is 8. The van der Waals surface area contributed by atoms with Crippen molar-refractivity contribution in [1.29, 1.82) is 0 Å². The quantitative estimate of drug-likeness (QED) is 0.682. The lowest BCUT2D eigenvalue weighted by atomic mass is 10.2. The molecule has 1 aromatic carbocycles. The van der Waals surface area contributed by atoms with Crippen molar-refractivity contribution in [2.75, 3.05) is 18.5 Å². The van der Waals surface area contributed by atoms with Gasteiger partial charge in [0.05, 0.1) is 6.61 Å². The van der Waals surface area contributed by atoms with Gasteiger partial charge in [0, 0.05) is 18.7 Å². The van der Waals surface area contributed by atoms with E-state index in [1.54, 1.807) is 0 Å². The fraction of sp³-hybridized carbons (Fsp3) is 0.462. The van der Waals surface area contributed by atoms with Crippen molar-refractivity contribution in [2.24, 2.45) is 0 Å². The summed E-state index contributed by atoms with van der Waals surface area (Å²) in [5.41, 5.74) is 0.985. The first-order valence-corrected chi connectivity index (χ1v) is 5.91. The van der Waals surface area contributed by atoms with Crippen LogP contribution in [0.5, 0.6) is 5.75 Å². The van der Waals surface area contributed by atoms with Crippen molar-refractivity contribution in [3.63, 3.8) is 0 Å². The van der Waals surface area contributed by atoms with Gasteiger partial charge in [0.1, 0.15) is 5.75 Å². The Balaban J connectivity index is 2.27. The van der Waals surface area contributed by atoms with Gasteiger partial charge < -0.3 is 15.2 Å². The van der Waals surface area contributed by atoms with Gasteiger partial charge in [0.25, 0.3) is 0 Å². The van der Waals surface area contributed by atoms with E-state index in [1.165, 1.54) is 0 Å². The predicted molar refractivity (Wildman–Crippen MR) is 67.6 cm³/mol. The van der Waals surface area contributed by atoms with Gasteiger partial charge in [0.15, 0.2) is 0 Å². The second-order valence-corrected chi connectivity index (χ2v) is 3.80. The number of carboxylic acids is 1. The van der Waals surface area contributed by atoms with E-state index < -0.39 is 5.97 Å². The van der Waals surface area contributed by atoms with E-state index in [1.807, 2.05) is 24.3 Å². The molecule has 4 heteroatoms. The maximum Gasteiger partial charge on any atom is 0.303 e. The number of carbonyl (C=O) groups is 1. The van der Waals surface area contributed by atoms with Crippen LogP contribution in [0.15, 0.2) is 24.3 Å². The van der Waals surface area contributed by atoms with Crippen molar-refractivity contribution < 1.29 is 14.6 Å². The van der Waals surface area contributed by atoms with E-state index in [-0.39, 0.29) is 6.42 Å². The van der Waals surface area contributed by atoms with E-state index >= 15 is 0 Å². The molecule has 1 aromatic rings. The molecule has 0 saturated carbocycles. The Morgan fingerprint density at radius 1 is 1.35 bits per heavy atom. The van der Waals surface area contributed by atoms with Crippen LogP contribution in [0.3, 0.4) is 0 Å². The maximum absolute atomic E-state index is 10.3. The molecule has 94 valence electrons. The first-order chi connectivity index (χ1) is 8.22. The van der Waals surface area contributed by atoms with Gasteiger partial charge in [0.2, 0.25) is 0 Å². The highest BCUT2D eigenvalue weighted by atomic mass is 16.5. The normalized spacial score (nSPS) is 9.94. The molecule has 0 heterocycles. The minimum Gasteiger partial charge on any atom is -0.494 e. The van der Waals surface area contributed by atoms with Crippen LogP contribution in [0.1, 0.15) is 26.2 Å². The molecule has 4 nitrogen and oxygen atoms in total. The Hall–Kier alpha value is -1.71. The Morgan fingerprint density at radius 3 is 2.65 bits per heavy atom. The summed E-state index contributed by atoms with van der Waals surface area (Å²) < 4.78 is 5.46. The SMILES string of the molecule is CCCOc1ccc(NCCCC(=O)O)cc1. The second-order valence-electron chi connectivity index (χ2n) is 3.80. The van der Waals surface area contributed by atoms with Gasteiger partial charge in [-0.15, -0.1) is 0 Å². The monoisotopic (exact) mass is 237 g/mol. The topological polar surface area (TPSA) is 58.6 Å². The highest BCUT2D eigenvalue weighted by molar-refractivity contribution is 5.66. The highest BCUT2D eigenvalue weighted by Crippen LogP contribution is 2.15. The van der Waals surface area contributed by atoms with Gasteiger partial charge in [-0.25, -0.2) is 0 Å². The molecule has 0 radical (unpaired) electrons. The fourth-order valence-corrected chi connectivity index (χ4v) is 1.36. The molecule has 1 rings (SSSR count). The summed E-state index contributed by atoms with van der Waals surface area (Å²) in [6.45, 7) is 3.46. The van der Waals surface area contributed by atoms with Crippen LogP contribution in [0.25, 0.3) is 0 Å². The largest absolute Gasteiger partial charge is 0.494 e. The summed E-state index contributed by atoms with van der Waals surface area (Å²) in [4.78, 5) is 10.3. The Morgan fingerprint density at radius 2 is 2.06 bits per heavy atom. The number of carboxylic acid groups (broad SMARTS) is 1. The van der Waals surface area contributed by atoms with Gasteiger partial charge in [-0.1, -0.05) is 6.92 Å². The van der Waals surface area contributed by atoms with Crippen LogP contribution in [-0.2, 0) is 4.79 Å². The standard InChI is InChI=1S/C13H19NO3/c1-2-10-17-12-7-5-11(6-8-12)14-9-3-4-13(15)16/h5-8,14H,2-4,9-10H2,1H3,(H,15,16). The average Bonchev–Trinajstić information content (AvgIpc) is 2.33. The van der Waals surface area contributed by atoms with Gasteiger partial charge in [-0.3, -0.25) is 4.79 Å². The molecular formula is C13H19NO3. The number of nitrogens with one attached hydrogen (secondary N) is 1. The maximum atomic E-state index is 10.3. The van der Waals surface area contributed by atoms with Crippen LogP contribution >= 0.6 is 0 Å². The molecule has 0 saturated heterocycles. The molecule has 0 atom stereocenters. The Labute approximate surface area is 102 Å². The summed E-state index contributed by atoms with van der Waals surface area (Å²) in [6.07, 6.45) is 1.82. The molecule has 0 aliphatic rings.